The van der Waals surface area contributed by atoms with Gasteiger partial charge in [0.1, 0.15) is 23.0 Å². The Bertz CT molecular complexity index is 975. The van der Waals surface area contributed by atoms with Crippen LogP contribution in [-0.4, -0.2) is 51.8 Å². The fraction of sp³-hybridized carbons (Fsp3) is 0.222. The molecule has 138 valence electrons. The maximum absolute atomic E-state index is 10.8. The van der Waals surface area contributed by atoms with Crippen molar-refractivity contribution in [2.24, 2.45) is 0 Å². The average molecular weight is 359 g/mol. The standard InChI is InChI=1S/C18H21N3O5/c19-9-1-2-10(21-6-5-20-7-8-22)14-13(9)17(25)15-11(23)3-4-12(24)16(15)18(14)26/h1-4,20-26H,5-8,19H2. The number of rotatable bonds is 6. The van der Waals surface area contributed by atoms with E-state index in [1.54, 1.807) is 12.1 Å². The van der Waals surface area contributed by atoms with Crippen molar-refractivity contribution >= 4 is 32.9 Å². The van der Waals surface area contributed by atoms with Crippen LogP contribution in [0.25, 0.3) is 21.5 Å². The fourth-order valence-electron chi connectivity index (χ4n) is 3.07. The molecule has 0 atom stereocenters. The van der Waals surface area contributed by atoms with E-state index < -0.39 is 0 Å². The summed E-state index contributed by atoms with van der Waals surface area (Å²) in [4.78, 5) is 0. The van der Waals surface area contributed by atoms with E-state index in [1.165, 1.54) is 12.1 Å². The van der Waals surface area contributed by atoms with Crippen molar-refractivity contribution in [3.63, 3.8) is 0 Å². The summed E-state index contributed by atoms with van der Waals surface area (Å²) in [5.41, 5.74) is 6.72. The summed E-state index contributed by atoms with van der Waals surface area (Å²) < 4.78 is 0. The molecule has 0 radical (unpaired) electrons. The second-order valence-corrected chi connectivity index (χ2v) is 5.90. The van der Waals surface area contributed by atoms with Gasteiger partial charge in [0.15, 0.2) is 0 Å². The van der Waals surface area contributed by atoms with E-state index in [-0.39, 0.29) is 56.8 Å². The molecule has 26 heavy (non-hydrogen) atoms. The molecule has 0 fully saturated rings. The van der Waals surface area contributed by atoms with E-state index in [4.69, 9.17) is 10.8 Å². The van der Waals surface area contributed by atoms with Gasteiger partial charge in [0.25, 0.3) is 0 Å². The summed E-state index contributed by atoms with van der Waals surface area (Å²) in [7, 11) is 0. The molecule has 0 aromatic heterocycles. The highest BCUT2D eigenvalue weighted by Gasteiger charge is 2.22. The number of aromatic hydroxyl groups is 4. The third kappa shape index (κ3) is 2.85. The van der Waals surface area contributed by atoms with Gasteiger partial charge in [-0.15, -0.1) is 0 Å². The predicted molar refractivity (Wildman–Crippen MR) is 101 cm³/mol. The van der Waals surface area contributed by atoms with Gasteiger partial charge in [0.05, 0.1) is 28.2 Å². The molecule has 8 heteroatoms. The molecule has 8 nitrogen and oxygen atoms in total. The molecule has 0 bridgehead atoms. The van der Waals surface area contributed by atoms with Crippen LogP contribution in [0.4, 0.5) is 11.4 Å². The number of phenols is 4. The molecule has 0 aliphatic heterocycles. The van der Waals surface area contributed by atoms with Crippen molar-refractivity contribution < 1.29 is 25.5 Å². The molecule has 3 rings (SSSR count). The van der Waals surface area contributed by atoms with E-state index >= 15 is 0 Å². The molecule has 3 aromatic carbocycles. The number of phenolic OH excluding ortho intramolecular Hbond substituents is 4. The lowest BCUT2D eigenvalue weighted by molar-refractivity contribution is 0.293. The Morgan fingerprint density at radius 2 is 1.35 bits per heavy atom. The number of nitrogens with two attached hydrogens (primary N) is 1. The molecular weight excluding hydrogens is 338 g/mol. The van der Waals surface area contributed by atoms with Crippen molar-refractivity contribution in [1.29, 1.82) is 0 Å². The molecule has 0 spiro atoms. The molecule has 0 saturated carbocycles. The van der Waals surface area contributed by atoms with Gasteiger partial charge < -0.3 is 41.9 Å². The predicted octanol–water partition coefficient (Wildman–Crippen LogP) is 1.39. The quantitative estimate of drug-likeness (QED) is 0.142. The number of hydrogen-bond donors (Lipinski definition) is 8. The van der Waals surface area contributed by atoms with Crippen molar-refractivity contribution in [2.45, 2.75) is 0 Å². The van der Waals surface area contributed by atoms with E-state index in [0.717, 1.165) is 0 Å². The minimum Gasteiger partial charge on any atom is -0.507 e. The van der Waals surface area contributed by atoms with E-state index in [9.17, 15) is 20.4 Å². The SMILES string of the molecule is Nc1ccc(NCCNCCO)c2c(O)c3c(O)ccc(O)c3c(O)c12. The van der Waals surface area contributed by atoms with Crippen LogP contribution in [0.5, 0.6) is 23.0 Å². The second-order valence-electron chi connectivity index (χ2n) is 5.90. The van der Waals surface area contributed by atoms with Gasteiger partial charge in [-0.3, -0.25) is 0 Å². The topological polar surface area (TPSA) is 151 Å². The summed E-state index contributed by atoms with van der Waals surface area (Å²) in [5.74, 6) is -1.16. The maximum Gasteiger partial charge on any atom is 0.137 e. The summed E-state index contributed by atoms with van der Waals surface area (Å²) >= 11 is 0. The third-order valence-electron chi connectivity index (χ3n) is 4.25. The smallest absolute Gasteiger partial charge is 0.137 e. The minimum atomic E-state index is -0.319. The number of hydrogen-bond acceptors (Lipinski definition) is 8. The van der Waals surface area contributed by atoms with Crippen molar-refractivity contribution in [3.8, 4) is 23.0 Å². The molecule has 3 aromatic rings. The van der Waals surface area contributed by atoms with Gasteiger partial charge in [-0.1, -0.05) is 0 Å². The Kier molecular flexibility index (Phi) is 4.79. The first-order valence-electron chi connectivity index (χ1n) is 8.13. The van der Waals surface area contributed by atoms with Crippen molar-refractivity contribution in [1.82, 2.24) is 5.32 Å². The fourth-order valence-corrected chi connectivity index (χ4v) is 3.07. The second kappa shape index (κ2) is 7.03. The first kappa shape index (κ1) is 17.7. The number of benzene rings is 3. The van der Waals surface area contributed by atoms with Crippen LogP contribution in [0.1, 0.15) is 0 Å². The maximum atomic E-state index is 10.8. The summed E-state index contributed by atoms with van der Waals surface area (Å²) in [6.45, 7) is 1.56. The van der Waals surface area contributed by atoms with Crippen LogP contribution in [0, 0.1) is 0 Å². The number of aliphatic hydroxyl groups excluding tert-OH is 1. The third-order valence-corrected chi connectivity index (χ3v) is 4.25. The summed E-state index contributed by atoms with van der Waals surface area (Å²) in [5, 5.41) is 56.8. The Balaban J connectivity index is 2.20. The molecule has 9 N–H and O–H groups in total. The zero-order chi connectivity index (χ0) is 18.8. The van der Waals surface area contributed by atoms with Crippen LogP contribution in [0.3, 0.4) is 0 Å². The van der Waals surface area contributed by atoms with Crippen LogP contribution >= 0.6 is 0 Å². The lowest BCUT2D eigenvalue weighted by atomic mass is 9.97. The van der Waals surface area contributed by atoms with Crippen LogP contribution < -0.4 is 16.4 Å². The van der Waals surface area contributed by atoms with E-state index in [2.05, 4.69) is 10.6 Å². The van der Waals surface area contributed by atoms with Gasteiger partial charge in [-0.25, -0.2) is 0 Å². The summed E-state index contributed by atoms with van der Waals surface area (Å²) in [6, 6.07) is 5.71. The van der Waals surface area contributed by atoms with Crippen molar-refractivity contribution in [3.05, 3.63) is 24.3 Å². The zero-order valence-corrected chi connectivity index (χ0v) is 14.0. The highest BCUT2D eigenvalue weighted by Crippen LogP contribution is 2.51. The Hall–Kier alpha value is -3.10. The molecule has 0 aliphatic rings. The number of nitrogen functional groups attached to an aromatic ring is 1. The number of aliphatic hydroxyl groups is 1. The van der Waals surface area contributed by atoms with Gasteiger partial charge in [0.2, 0.25) is 0 Å². The first-order valence-corrected chi connectivity index (χ1v) is 8.13. The molecule has 0 aliphatic carbocycles. The summed E-state index contributed by atoms with van der Waals surface area (Å²) in [6.07, 6.45) is 0. The molecule has 0 unspecified atom stereocenters. The van der Waals surface area contributed by atoms with Crippen molar-refractivity contribution in [2.75, 3.05) is 37.3 Å². The van der Waals surface area contributed by atoms with E-state index in [0.29, 0.717) is 25.3 Å². The van der Waals surface area contributed by atoms with Gasteiger partial charge >= 0.3 is 0 Å². The average Bonchev–Trinajstić information content (AvgIpc) is 2.62. The number of anilines is 2. The normalized spacial score (nSPS) is 11.3. The zero-order valence-electron chi connectivity index (χ0n) is 14.0. The largest absolute Gasteiger partial charge is 0.507 e. The Morgan fingerprint density at radius 3 is 1.96 bits per heavy atom. The highest BCUT2D eigenvalue weighted by atomic mass is 16.3. The lowest BCUT2D eigenvalue weighted by Crippen LogP contribution is -2.24. The minimum absolute atomic E-state index is 0.0359. The van der Waals surface area contributed by atoms with Gasteiger partial charge in [0, 0.05) is 31.0 Å². The first-order chi connectivity index (χ1) is 12.5. The molecule has 0 saturated heterocycles. The van der Waals surface area contributed by atoms with Crippen LogP contribution in [-0.2, 0) is 0 Å². The van der Waals surface area contributed by atoms with Crippen LogP contribution in [0.15, 0.2) is 24.3 Å². The van der Waals surface area contributed by atoms with Crippen LogP contribution in [0.2, 0.25) is 0 Å². The molecular formula is C18H21N3O5. The highest BCUT2D eigenvalue weighted by molar-refractivity contribution is 6.20. The lowest BCUT2D eigenvalue weighted by Gasteiger charge is -2.17. The molecule has 0 amide bonds. The van der Waals surface area contributed by atoms with Gasteiger partial charge in [-0.2, -0.15) is 0 Å². The molecule has 0 heterocycles. The Morgan fingerprint density at radius 1 is 0.731 bits per heavy atom. The Labute approximate surface area is 149 Å². The number of fused-ring (bicyclic) bond motifs is 2. The van der Waals surface area contributed by atoms with Gasteiger partial charge in [-0.05, 0) is 24.3 Å². The number of nitrogens with one attached hydrogen (secondary N) is 2. The van der Waals surface area contributed by atoms with E-state index in [1.807, 2.05) is 0 Å². The monoisotopic (exact) mass is 359 g/mol.